The lowest BCUT2D eigenvalue weighted by Gasteiger charge is -2.16. The van der Waals surface area contributed by atoms with Gasteiger partial charge >= 0.3 is 5.97 Å². The van der Waals surface area contributed by atoms with Gasteiger partial charge in [0.05, 0.1) is 24.9 Å². The van der Waals surface area contributed by atoms with Crippen molar-refractivity contribution in [2.75, 3.05) is 27.4 Å². The van der Waals surface area contributed by atoms with Crippen molar-refractivity contribution >= 4 is 18.0 Å². The van der Waals surface area contributed by atoms with Crippen molar-refractivity contribution in [3.8, 4) is 5.75 Å². The number of aromatic hydroxyl groups is 1. The normalized spacial score (nSPS) is 16.4. The predicted molar refractivity (Wildman–Crippen MR) is 84.4 cm³/mol. The summed E-state index contributed by atoms with van der Waals surface area (Å²) in [6.45, 7) is 2.40. The number of methoxy groups -OCH3 is 2. The Bertz CT molecular complexity index is 690. The minimum Gasteiger partial charge on any atom is -0.508 e. The highest BCUT2D eigenvalue weighted by molar-refractivity contribution is 6.16. The molecule has 0 atom stereocenters. The molecule has 6 heteroatoms. The molecule has 1 aromatic rings. The summed E-state index contributed by atoms with van der Waals surface area (Å²) in [5.41, 5.74) is 1.63. The third-order valence-corrected chi connectivity index (χ3v) is 3.60. The number of rotatable bonds is 5. The summed E-state index contributed by atoms with van der Waals surface area (Å²) in [5.74, 6) is -0.771. The molecule has 122 valence electrons. The molecule has 0 saturated carbocycles. The largest absolute Gasteiger partial charge is 0.508 e. The third-order valence-electron chi connectivity index (χ3n) is 3.60. The quantitative estimate of drug-likeness (QED) is 0.661. The molecule has 6 nitrogen and oxygen atoms in total. The maximum absolute atomic E-state index is 12.6. The van der Waals surface area contributed by atoms with E-state index in [1.54, 1.807) is 32.2 Å². The zero-order chi connectivity index (χ0) is 17.0. The van der Waals surface area contributed by atoms with Crippen molar-refractivity contribution < 1.29 is 24.2 Å². The van der Waals surface area contributed by atoms with E-state index in [2.05, 4.69) is 0 Å². The van der Waals surface area contributed by atoms with Gasteiger partial charge in [0.1, 0.15) is 5.75 Å². The average molecular weight is 317 g/mol. The van der Waals surface area contributed by atoms with Crippen molar-refractivity contribution in [3.63, 3.8) is 0 Å². The second kappa shape index (κ2) is 7.11. The molecule has 1 amide bonds. The smallest absolute Gasteiger partial charge is 0.340 e. The van der Waals surface area contributed by atoms with Gasteiger partial charge in [-0.05, 0) is 30.7 Å². The predicted octanol–water partition coefficient (Wildman–Crippen LogP) is 1.71. The summed E-state index contributed by atoms with van der Waals surface area (Å²) in [6, 6.07) is 6.45. The lowest BCUT2D eigenvalue weighted by molar-refractivity contribution is -0.136. The van der Waals surface area contributed by atoms with Crippen LogP contribution in [0.3, 0.4) is 0 Å². The highest BCUT2D eigenvalue weighted by Gasteiger charge is 2.36. The van der Waals surface area contributed by atoms with Gasteiger partial charge in [-0.3, -0.25) is 4.79 Å². The Hall–Kier alpha value is -2.60. The molecule has 2 rings (SSSR count). The maximum atomic E-state index is 12.6. The first-order valence-electron chi connectivity index (χ1n) is 7.10. The van der Waals surface area contributed by atoms with Crippen molar-refractivity contribution in [2.45, 2.75) is 6.92 Å². The van der Waals surface area contributed by atoms with Crippen LogP contribution >= 0.6 is 0 Å². The molecule has 0 spiro atoms. The molecule has 1 N–H and O–H groups in total. The van der Waals surface area contributed by atoms with Crippen molar-refractivity contribution in [1.82, 2.24) is 4.90 Å². The standard InChI is InChI=1S/C17H19NO5/c1-11-15(17(21)23-3)14(16(20)18(11)7-8-22-2)10-12-5-4-6-13(19)9-12/h4-6,9-10,19H,7-8H2,1-3H3. The number of allylic oxidation sites excluding steroid dienone is 1. The first kappa shape index (κ1) is 16.8. The maximum Gasteiger partial charge on any atom is 0.340 e. The number of amides is 1. The van der Waals surface area contributed by atoms with Crippen LogP contribution in [0.15, 0.2) is 41.1 Å². The molecule has 0 aliphatic carbocycles. The lowest BCUT2D eigenvalue weighted by Crippen LogP contribution is -2.28. The highest BCUT2D eigenvalue weighted by atomic mass is 16.5. The molecular weight excluding hydrogens is 298 g/mol. The zero-order valence-corrected chi connectivity index (χ0v) is 13.3. The fourth-order valence-electron chi connectivity index (χ4n) is 2.46. The van der Waals surface area contributed by atoms with Gasteiger partial charge in [0.15, 0.2) is 0 Å². The van der Waals surface area contributed by atoms with Crippen LogP contribution in [0.5, 0.6) is 5.75 Å². The molecule has 1 aromatic carbocycles. The van der Waals surface area contributed by atoms with Gasteiger partial charge in [0.2, 0.25) is 0 Å². The van der Waals surface area contributed by atoms with Crippen LogP contribution < -0.4 is 0 Å². The van der Waals surface area contributed by atoms with Gasteiger partial charge in [-0.2, -0.15) is 0 Å². The number of hydrogen-bond donors (Lipinski definition) is 1. The summed E-state index contributed by atoms with van der Waals surface area (Å²) in [7, 11) is 2.82. The Morgan fingerprint density at radius 2 is 2.09 bits per heavy atom. The first-order valence-corrected chi connectivity index (χ1v) is 7.10. The van der Waals surface area contributed by atoms with E-state index in [-0.39, 0.29) is 22.8 Å². The SMILES string of the molecule is COCCN1C(=O)C(=Cc2cccc(O)c2)C(C(=O)OC)=C1C. The van der Waals surface area contributed by atoms with Crippen LogP contribution in [-0.4, -0.2) is 49.3 Å². The lowest BCUT2D eigenvalue weighted by atomic mass is 10.0. The van der Waals surface area contributed by atoms with E-state index in [0.717, 1.165) is 0 Å². The van der Waals surface area contributed by atoms with Crippen molar-refractivity contribution in [1.29, 1.82) is 0 Å². The highest BCUT2D eigenvalue weighted by Crippen LogP contribution is 2.31. The summed E-state index contributed by atoms with van der Waals surface area (Å²) in [5, 5.41) is 9.55. The molecule has 0 bridgehead atoms. The number of ether oxygens (including phenoxy) is 2. The zero-order valence-electron chi connectivity index (χ0n) is 13.3. The number of esters is 1. The summed E-state index contributed by atoms with van der Waals surface area (Å²) < 4.78 is 9.81. The van der Waals surface area contributed by atoms with Gasteiger partial charge in [0.25, 0.3) is 5.91 Å². The van der Waals surface area contributed by atoms with Crippen LogP contribution in [0.1, 0.15) is 12.5 Å². The van der Waals surface area contributed by atoms with Gasteiger partial charge < -0.3 is 19.5 Å². The van der Waals surface area contributed by atoms with E-state index >= 15 is 0 Å². The van der Waals surface area contributed by atoms with Crippen LogP contribution in [0, 0.1) is 0 Å². The third kappa shape index (κ3) is 3.43. The van der Waals surface area contributed by atoms with Gasteiger partial charge in [-0.25, -0.2) is 4.79 Å². The number of carbonyl (C=O) groups is 2. The fraction of sp³-hybridized carbons (Fsp3) is 0.294. The Morgan fingerprint density at radius 1 is 1.35 bits per heavy atom. The minimum atomic E-state index is -0.567. The second-order valence-corrected chi connectivity index (χ2v) is 5.05. The molecule has 1 aliphatic rings. The van der Waals surface area contributed by atoms with Gasteiger partial charge in [-0.1, -0.05) is 12.1 Å². The van der Waals surface area contributed by atoms with Crippen LogP contribution in [0.2, 0.25) is 0 Å². The monoisotopic (exact) mass is 317 g/mol. The average Bonchev–Trinajstić information content (AvgIpc) is 2.76. The van der Waals surface area contributed by atoms with Crippen molar-refractivity contribution in [3.05, 3.63) is 46.7 Å². The van der Waals surface area contributed by atoms with E-state index < -0.39 is 5.97 Å². The summed E-state index contributed by atoms with van der Waals surface area (Å²) >= 11 is 0. The molecule has 0 aromatic heterocycles. The molecular formula is C17H19NO5. The van der Waals surface area contributed by atoms with E-state index in [9.17, 15) is 14.7 Å². The van der Waals surface area contributed by atoms with E-state index in [0.29, 0.717) is 24.4 Å². The number of nitrogens with zero attached hydrogens (tertiary/aromatic N) is 1. The summed E-state index contributed by atoms with van der Waals surface area (Å²) in [6.07, 6.45) is 1.57. The number of hydrogen-bond acceptors (Lipinski definition) is 5. The molecule has 23 heavy (non-hydrogen) atoms. The first-order chi connectivity index (χ1) is 11.0. The van der Waals surface area contributed by atoms with Gasteiger partial charge in [0, 0.05) is 19.4 Å². The van der Waals surface area contributed by atoms with E-state index in [1.165, 1.54) is 24.1 Å². The van der Waals surface area contributed by atoms with Crippen LogP contribution in [0.4, 0.5) is 0 Å². The Kier molecular flexibility index (Phi) is 5.18. The second-order valence-electron chi connectivity index (χ2n) is 5.05. The number of carbonyl (C=O) groups excluding carboxylic acids is 2. The Labute approximate surface area is 134 Å². The van der Waals surface area contributed by atoms with Crippen LogP contribution in [0.25, 0.3) is 6.08 Å². The number of phenolic OH excluding ortho intramolecular Hbond substituents is 1. The molecule has 0 fully saturated rings. The van der Waals surface area contributed by atoms with Crippen molar-refractivity contribution in [2.24, 2.45) is 0 Å². The molecule has 0 radical (unpaired) electrons. The molecule has 1 aliphatic heterocycles. The Morgan fingerprint density at radius 3 is 2.70 bits per heavy atom. The molecule has 0 unspecified atom stereocenters. The summed E-state index contributed by atoms with van der Waals surface area (Å²) in [4.78, 5) is 26.2. The van der Waals surface area contributed by atoms with E-state index in [1.807, 2.05) is 0 Å². The van der Waals surface area contributed by atoms with Gasteiger partial charge in [-0.15, -0.1) is 0 Å². The number of benzene rings is 1. The minimum absolute atomic E-state index is 0.0846. The fourth-order valence-corrected chi connectivity index (χ4v) is 2.46. The molecule has 0 saturated heterocycles. The molecule has 1 heterocycles. The van der Waals surface area contributed by atoms with E-state index in [4.69, 9.17) is 9.47 Å². The topological polar surface area (TPSA) is 76.1 Å². The number of phenols is 1. The van der Waals surface area contributed by atoms with Crippen LogP contribution in [-0.2, 0) is 19.1 Å². The Balaban J connectivity index is 2.47.